The summed E-state index contributed by atoms with van der Waals surface area (Å²) in [5, 5.41) is 5.79. The second-order valence-corrected chi connectivity index (χ2v) is 7.75. The van der Waals surface area contributed by atoms with E-state index in [0.717, 1.165) is 42.4 Å². The lowest BCUT2D eigenvalue weighted by atomic mass is 10.1. The van der Waals surface area contributed by atoms with Gasteiger partial charge in [0.05, 0.1) is 10.9 Å². The van der Waals surface area contributed by atoms with Crippen LogP contribution in [-0.4, -0.2) is 19.1 Å². The molecule has 4 nitrogen and oxygen atoms in total. The third-order valence-electron chi connectivity index (χ3n) is 4.12. The molecule has 2 N–H and O–H groups in total. The van der Waals surface area contributed by atoms with Gasteiger partial charge in [0, 0.05) is 29.3 Å². The van der Waals surface area contributed by atoms with Crippen LogP contribution in [0.5, 0.6) is 0 Å². The number of rotatable bonds is 6. The molecule has 0 spiro atoms. The molecule has 0 radical (unpaired) electrons. The molecule has 2 aromatic rings. The molecule has 0 saturated carbocycles. The van der Waals surface area contributed by atoms with Crippen molar-refractivity contribution in [1.82, 2.24) is 5.32 Å². The Bertz CT molecular complexity index is 716. The minimum Gasteiger partial charge on any atom is -0.366 e. The lowest BCUT2D eigenvalue weighted by molar-refractivity contribution is 0.252. The molecule has 1 aliphatic rings. The Labute approximate surface area is 151 Å². The number of nitrogens with one attached hydrogen (secondary N) is 2. The zero-order valence-corrected chi connectivity index (χ0v) is 15.3. The van der Waals surface area contributed by atoms with E-state index in [4.69, 9.17) is 11.6 Å². The number of halogens is 1. The van der Waals surface area contributed by atoms with Crippen molar-refractivity contribution < 1.29 is 4.79 Å². The average Bonchev–Trinajstić information content (AvgIpc) is 3.14. The Hall–Kier alpha value is -1.72. The van der Waals surface area contributed by atoms with Crippen LogP contribution in [0.25, 0.3) is 0 Å². The first-order valence-electron chi connectivity index (χ1n) is 8.32. The van der Waals surface area contributed by atoms with E-state index in [1.807, 2.05) is 12.1 Å². The maximum absolute atomic E-state index is 11.9. The summed E-state index contributed by atoms with van der Waals surface area (Å²) in [4.78, 5) is 15.5. The third kappa shape index (κ3) is 4.22. The summed E-state index contributed by atoms with van der Waals surface area (Å²) in [7, 11) is 0. The molecule has 1 aromatic carbocycles. The van der Waals surface area contributed by atoms with Crippen LogP contribution >= 0.6 is 22.9 Å². The van der Waals surface area contributed by atoms with Gasteiger partial charge in [-0.2, -0.15) is 0 Å². The smallest absolute Gasteiger partial charge is 0.319 e. The highest BCUT2D eigenvalue weighted by Crippen LogP contribution is 2.33. The summed E-state index contributed by atoms with van der Waals surface area (Å²) >= 11 is 7.64. The van der Waals surface area contributed by atoms with Crippen LogP contribution in [0.15, 0.2) is 30.3 Å². The van der Waals surface area contributed by atoms with Gasteiger partial charge in [-0.15, -0.1) is 11.3 Å². The van der Waals surface area contributed by atoms with E-state index in [0.29, 0.717) is 6.54 Å². The SMILES string of the molecule is CCCCNC(=O)Nc1ccc2c(c1)CCN2Cc1ccc(Cl)s1. The second kappa shape index (κ2) is 7.90. The molecule has 0 unspecified atom stereocenters. The van der Waals surface area contributed by atoms with Gasteiger partial charge in [-0.1, -0.05) is 24.9 Å². The van der Waals surface area contributed by atoms with Crippen molar-refractivity contribution in [3.05, 3.63) is 45.1 Å². The Balaban J connectivity index is 1.61. The van der Waals surface area contributed by atoms with E-state index in [1.165, 1.54) is 16.1 Å². The molecule has 0 aliphatic carbocycles. The number of urea groups is 1. The quantitative estimate of drug-likeness (QED) is 0.718. The minimum atomic E-state index is -0.133. The molecule has 128 valence electrons. The van der Waals surface area contributed by atoms with Gasteiger partial charge in [-0.25, -0.2) is 4.79 Å². The molecule has 2 amide bonds. The predicted molar refractivity (Wildman–Crippen MR) is 102 cm³/mol. The van der Waals surface area contributed by atoms with Crippen LogP contribution in [0.2, 0.25) is 4.34 Å². The number of fused-ring (bicyclic) bond motifs is 1. The van der Waals surface area contributed by atoms with Crippen LogP contribution in [0.4, 0.5) is 16.2 Å². The van der Waals surface area contributed by atoms with Gasteiger partial charge >= 0.3 is 6.03 Å². The molecule has 0 fully saturated rings. The van der Waals surface area contributed by atoms with Crippen LogP contribution in [0.1, 0.15) is 30.2 Å². The summed E-state index contributed by atoms with van der Waals surface area (Å²) in [6.07, 6.45) is 3.07. The van der Waals surface area contributed by atoms with E-state index < -0.39 is 0 Å². The zero-order chi connectivity index (χ0) is 16.9. The Morgan fingerprint density at radius 2 is 2.21 bits per heavy atom. The number of hydrogen-bond donors (Lipinski definition) is 2. The van der Waals surface area contributed by atoms with Crippen molar-refractivity contribution in [2.24, 2.45) is 0 Å². The van der Waals surface area contributed by atoms with Crippen LogP contribution in [-0.2, 0) is 13.0 Å². The summed E-state index contributed by atoms with van der Waals surface area (Å²) in [5.74, 6) is 0. The van der Waals surface area contributed by atoms with Crippen molar-refractivity contribution >= 4 is 40.3 Å². The largest absolute Gasteiger partial charge is 0.366 e. The van der Waals surface area contributed by atoms with E-state index in [-0.39, 0.29) is 6.03 Å². The Morgan fingerprint density at radius 1 is 1.33 bits per heavy atom. The van der Waals surface area contributed by atoms with Crippen molar-refractivity contribution in [1.29, 1.82) is 0 Å². The molecule has 0 atom stereocenters. The van der Waals surface area contributed by atoms with E-state index in [1.54, 1.807) is 11.3 Å². The number of nitrogens with zero attached hydrogens (tertiary/aromatic N) is 1. The maximum atomic E-state index is 11.9. The number of hydrogen-bond acceptors (Lipinski definition) is 3. The lowest BCUT2D eigenvalue weighted by Crippen LogP contribution is -2.29. The van der Waals surface area contributed by atoms with Crippen molar-refractivity contribution in [2.45, 2.75) is 32.7 Å². The number of thiophene rings is 1. The number of carbonyl (C=O) groups is 1. The molecule has 0 saturated heterocycles. The van der Waals surface area contributed by atoms with Gasteiger partial charge in [-0.3, -0.25) is 0 Å². The third-order valence-corrected chi connectivity index (χ3v) is 5.34. The highest BCUT2D eigenvalue weighted by atomic mass is 35.5. The molecule has 1 aromatic heterocycles. The normalized spacial score (nSPS) is 13.0. The number of carbonyl (C=O) groups excluding carboxylic acids is 1. The van der Waals surface area contributed by atoms with Gasteiger partial charge in [0.1, 0.15) is 0 Å². The van der Waals surface area contributed by atoms with Gasteiger partial charge in [0.2, 0.25) is 0 Å². The standard InChI is InChI=1S/C18H22ClN3OS/c1-2-3-9-20-18(23)21-14-4-6-16-13(11-14)8-10-22(16)12-15-5-7-17(19)24-15/h4-7,11H,2-3,8-10,12H2,1H3,(H2,20,21,23). The average molecular weight is 364 g/mol. The molecule has 0 bridgehead atoms. The second-order valence-electron chi connectivity index (χ2n) is 5.96. The Morgan fingerprint density at radius 3 is 2.96 bits per heavy atom. The molecule has 2 heterocycles. The lowest BCUT2D eigenvalue weighted by Gasteiger charge is -2.18. The van der Waals surface area contributed by atoms with E-state index in [2.05, 4.69) is 40.7 Å². The monoisotopic (exact) mass is 363 g/mol. The minimum absolute atomic E-state index is 0.133. The van der Waals surface area contributed by atoms with Gasteiger partial charge in [-0.05, 0) is 48.7 Å². The summed E-state index contributed by atoms with van der Waals surface area (Å²) < 4.78 is 0.832. The summed E-state index contributed by atoms with van der Waals surface area (Å²) in [5.41, 5.74) is 3.38. The highest BCUT2D eigenvalue weighted by molar-refractivity contribution is 7.16. The van der Waals surface area contributed by atoms with Crippen molar-refractivity contribution in [3.8, 4) is 0 Å². The first-order chi connectivity index (χ1) is 11.7. The fraction of sp³-hybridized carbons (Fsp3) is 0.389. The van der Waals surface area contributed by atoms with Crippen molar-refractivity contribution in [3.63, 3.8) is 0 Å². The fourth-order valence-corrected chi connectivity index (χ4v) is 3.99. The maximum Gasteiger partial charge on any atom is 0.319 e. The zero-order valence-electron chi connectivity index (χ0n) is 13.8. The van der Waals surface area contributed by atoms with E-state index >= 15 is 0 Å². The molecule has 1 aliphatic heterocycles. The van der Waals surface area contributed by atoms with Gasteiger partial charge < -0.3 is 15.5 Å². The topological polar surface area (TPSA) is 44.4 Å². The van der Waals surface area contributed by atoms with Crippen LogP contribution < -0.4 is 15.5 Å². The summed E-state index contributed by atoms with van der Waals surface area (Å²) in [6, 6.07) is 10.0. The van der Waals surface area contributed by atoms with Gasteiger partial charge in [0.15, 0.2) is 0 Å². The predicted octanol–water partition coefficient (Wildman–Crippen LogP) is 4.89. The first-order valence-corrected chi connectivity index (χ1v) is 9.52. The van der Waals surface area contributed by atoms with Crippen LogP contribution in [0.3, 0.4) is 0 Å². The van der Waals surface area contributed by atoms with E-state index in [9.17, 15) is 4.79 Å². The molecular formula is C18H22ClN3OS. The highest BCUT2D eigenvalue weighted by Gasteiger charge is 2.20. The molecule has 24 heavy (non-hydrogen) atoms. The number of amides is 2. The first kappa shape index (κ1) is 17.1. The van der Waals surface area contributed by atoms with Crippen LogP contribution in [0, 0.1) is 0 Å². The molecule has 6 heteroatoms. The molecule has 3 rings (SSSR count). The molecular weight excluding hydrogens is 342 g/mol. The number of benzene rings is 1. The number of unbranched alkanes of at least 4 members (excludes halogenated alkanes) is 1. The Kier molecular flexibility index (Phi) is 5.63. The summed E-state index contributed by atoms with van der Waals surface area (Å²) in [6.45, 7) is 4.70. The fourth-order valence-electron chi connectivity index (χ4n) is 2.89. The number of anilines is 2. The van der Waals surface area contributed by atoms with Gasteiger partial charge in [0.25, 0.3) is 0 Å². The van der Waals surface area contributed by atoms with Crippen molar-refractivity contribution in [2.75, 3.05) is 23.3 Å².